The molecule has 0 spiro atoms. The van der Waals surface area contributed by atoms with Crippen LogP contribution in [0.2, 0.25) is 0 Å². The van der Waals surface area contributed by atoms with Crippen LogP contribution in [-0.4, -0.2) is 41.1 Å². The maximum atomic E-state index is 12.3. The number of carbonyl (C=O) groups is 1. The van der Waals surface area contributed by atoms with Crippen molar-refractivity contribution in [3.05, 3.63) is 29.6 Å². The average molecular weight is 272 g/mol. The normalized spacial score (nSPS) is 14.7. The fraction of sp³-hybridized carbons (Fsp3) is 0.500. The molecule has 0 aliphatic heterocycles. The first-order chi connectivity index (χ1) is 9.70. The topological polar surface area (TPSA) is 53.4 Å². The number of nitrogens with zero attached hydrogens (tertiary/aromatic N) is 2. The van der Waals surface area contributed by atoms with E-state index in [-0.39, 0.29) is 12.5 Å². The highest BCUT2D eigenvalue weighted by Gasteiger charge is 2.20. The molecular formula is C16H20N2O2. The number of hydrogen-bond acceptors (Lipinski definition) is 3. The van der Waals surface area contributed by atoms with E-state index in [1.165, 1.54) is 25.7 Å². The predicted molar refractivity (Wildman–Crippen MR) is 77.1 cm³/mol. The van der Waals surface area contributed by atoms with Gasteiger partial charge in [-0.2, -0.15) is 0 Å². The second-order valence-corrected chi connectivity index (χ2v) is 5.26. The van der Waals surface area contributed by atoms with E-state index < -0.39 is 0 Å². The molecule has 1 fully saturated rings. The number of carbonyl (C=O) groups excluding carboxylic acids is 1. The Morgan fingerprint density at radius 2 is 2.20 bits per heavy atom. The fourth-order valence-corrected chi connectivity index (χ4v) is 2.65. The Hall–Kier alpha value is -1.86. The molecule has 4 nitrogen and oxygen atoms in total. The van der Waals surface area contributed by atoms with Gasteiger partial charge < -0.3 is 10.0 Å². The Balaban J connectivity index is 2.03. The van der Waals surface area contributed by atoms with Crippen LogP contribution >= 0.6 is 0 Å². The molecular weight excluding hydrogens is 252 g/mol. The van der Waals surface area contributed by atoms with Crippen LogP contribution in [0.1, 0.15) is 41.6 Å². The molecule has 0 radical (unpaired) electrons. The summed E-state index contributed by atoms with van der Waals surface area (Å²) in [4.78, 5) is 18.2. The maximum Gasteiger partial charge on any atom is 0.255 e. The van der Waals surface area contributed by atoms with Crippen LogP contribution in [0.4, 0.5) is 0 Å². The smallest absolute Gasteiger partial charge is 0.255 e. The Morgan fingerprint density at radius 3 is 2.90 bits per heavy atom. The van der Waals surface area contributed by atoms with Crippen molar-refractivity contribution in [1.29, 1.82) is 0 Å². The summed E-state index contributed by atoms with van der Waals surface area (Å²) >= 11 is 0. The molecule has 1 N–H and O–H groups in total. The zero-order valence-electron chi connectivity index (χ0n) is 11.8. The van der Waals surface area contributed by atoms with E-state index in [0.717, 1.165) is 6.54 Å². The zero-order chi connectivity index (χ0) is 14.4. The van der Waals surface area contributed by atoms with Gasteiger partial charge in [0.1, 0.15) is 6.61 Å². The third kappa shape index (κ3) is 3.82. The molecule has 106 valence electrons. The van der Waals surface area contributed by atoms with Crippen molar-refractivity contribution in [3.8, 4) is 11.8 Å². The molecule has 0 saturated heterocycles. The number of aliphatic hydroxyl groups excluding tert-OH is 1. The van der Waals surface area contributed by atoms with Gasteiger partial charge in [0.25, 0.3) is 5.91 Å². The van der Waals surface area contributed by atoms with Crippen molar-refractivity contribution in [2.75, 3.05) is 20.2 Å². The van der Waals surface area contributed by atoms with E-state index in [1.807, 2.05) is 7.05 Å². The van der Waals surface area contributed by atoms with Crippen molar-refractivity contribution in [2.45, 2.75) is 25.7 Å². The van der Waals surface area contributed by atoms with E-state index >= 15 is 0 Å². The summed E-state index contributed by atoms with van der Waals surface area (Å²) in [6.07, 6.45) is 8.16. The molecule has 0 aromatic carbocycles. The minimum Gasteiger partial charge on any atom is -0.384 e. The summed E-state index contributed by atoms with van der Waals surface area (Å²) in [6, 6.07) is 1.73. The van der Waals surface area contributed by atoms with Gasteiger partial charge in [-0.05, 0) is 24.8 Å². The van der Waals surface area contributed by atoms with Gasteiger partial charge in [-0.15, -0.1) is 0 Å². The molecule has 1 aromatic heterocycles. The van der Waals surface area contributed by atoms with Crippen molar-refractivity contribution >= 4 is 5.91 Å². The highest BCUT2D eigenvalue weighted by molar-refractivity contribution is 5.94. The third-order valence-electron chi connectivity index (χ3n) is 3.65. The SMILES string of the molecule is CN(CC1CCCC1)C(=O)c1cncc(C#CCO)c1. The molecule has 1 heterocycles. The Labute approximate surface area is 119 Å². The van der Waals surface area contributed by atoms with Crippen LogP contribution in [0.5, 0.6) is 0 Å². The number of amides is 1. The highest BCUT2D eigenvalue weighted by Crippen LogP contribution is 2.25. The van der Waals surface area contributed by atoms with Gasteiger partial charge in [0, 0.05) is 31.5 Å². The van der Waals surface area contributed by atoms with Crippen LogP contribution < -0.4 is 0 Å². The average Bonchev–Trinajstić information content (AvgIpc) is 2.97. The van der Waals surface area contributed by atoms with Crippen molar-refractivity contribution in [2.24, 2.45) is 5.92 Å². The number of rotatable bonds is 3. The standard InChI is InChI=1S/C16H20N2O2/c1-18(12-13-5-2-3-6-13)16(20)15-9-14(7-4-8-19)10-17-11-15/h9-11,13,19H,2-3,5-6,8,12H2,1H3. The second-order valence-electron chi connectivity index (χ2n) is 5.26. The van der Waals surface area contributed by atoms with Gasteiger partial charge in [-0.3, -0.25) is 9.78 Å². The molecule has 0 bridgehead atoms. The van der Waals surface area contributed by atoms with Crippen molar-refractivity contribution < 1.29 is 9.90 Å². The lowest BCUT2D eigenvalue weighted by molar-refractivity contribution is 0.0773. The molecule has 4 heteroatoms. The van der Waals surface area contributed by atoms with Crippen molar-refractivity contribution in [1.82, 2.24) is 9.88 Å². The van der Waals surface area contributed by atoms with Crippen LogP contribution in [0, 0.1) is 17.8 Å². The lowest BCUT2D eigenvalue weighted by atomic mass is 10.1. The van der Waals surface area contributed by atoms with E-state index in [1.54, 1.807) is 23.4 Å². The summed E-state index contributed by atoms with van der Waals surface area (Å²) in [5.74, 6) is 5.94. The van der Waals surface area contributed by atoms with Crippen LogP contribution in [0.25, 0.3) is 0 Å². The number of aromatic nitrogens is 1. The minimum atomic E-state index is -0.195. The lowest BCUT2D eigenvalue weighted by Crippen LogP contribution is -2.31. The van der Waals surface area contributed by atoms with Crippen molar-refractivity contribution in [3.63, 3.8) is 0 Å². The minimum absolute atomic E-state index is 0.0166. The van der Waals surface area contributed by atoms with Gasteiger partial charge in [0.05, 0.1) is 5.56 Å². The molecule has 1 amide bonds. The van der Waals surface area contributed by atoms with Crippen LogP contribution in [0.15, 0.2) is 18.5 Å². The molecule has 0 unspecified atom stereocenters. The largest absolute Gasteiger partial charge is 0.384 e. The van der Waals surface area contributed by atoms with E-state index in [2.05, 4.69) is 16.8 Å². The van der Waals surface area contributed by atoms with Gasteiger partial charge in [-0.25, -0.2) is 0 Å². The molecule has 20 heavy (non-hydrogen) atoms. The van der Waals surface area contributed by atoms with Crippen LogP contribution in [0.3, 0.4) is 0 Å². The summed E-state index contributed by atoms with van der Waals surface area (Å²) < 4.78 is 0. The fourth-order valence-electron chi connectivity index (χ4n) is 2.65. The Bertz CT molecular complexity index is 525. The highest BCUT2D eigenvalue weighted by atomic mass is 16.2. The first kappa shape index (κ1) is 14.5. The monoisotopic (exact) mass is 272 g/mol. The predicted octanol–water partition coefficient (Wildman–Crippen LogP) is 1.69. The zero-order valence-corrected chi connectivity index (χ0v) is 11.8. The third-order valence-corrected chi connectivity index (χ3v) is 3.65. The summed E-state index contributed by atoms with van der Waals surface area (Å²) in [7, 11) is 1.84. The molecule has 1 saturated carbocycles. The van der Waals surface area contributed by atoms with Crippen LogP contribution in [-0.2, 0) is 0 Å². The Morgan fingerprint density at radius 1 is 1.45 bits per heavy atom. The molecule has 2 rings (SSSR count). The molecule has 1 aliphatic rings. The summed E-state index contributed by atoms with van der Waals surface area (Å²) in [6.45, 7) is 0.616. The van der Waals surface area contributed by atoms with Gasteiger partial charge >= 0.3 is 0 Å². The van der Waals surface area contributed by atoms with Gasteiger partial charge in [-0.1, -0.05) is 24.7 Å². The van der Waals surface area contributed by atoms with E-state index in [0.29, 0.717) is 17.0 Å². The lowest BCUT2D eigenvalue weighted by Gasteiger charge is -2.21. The summed E-state index contributed by atoms with van der Waals surface area (Å²) in [5.41, 5.74) is 1.20. The number of hydrogen-bond donors (Lipinski definition) is 1. The Kier molecular flexibility index (Phi) is 5.14. The number of aliphatic hydroxyl groups is 1. The second kappa shape index (κ2) is 7.06. The molecule has 1 aliphatic carbocycles. The van der Waals surface area contributed by atoms with E-state index in [9.17, 15) is 4.79 Å². The van der Waals surface area contributed by atoms with E-state index in [4.69, 9.17) is 5.11 Å². The maximum absolute atomic E-state index is 12.3. The van der Waals surface area contributed by atoms with Gasteiger partial charge in [0.2, 0.25) is 0 Å². The quantitative estimate of drug-likeness (QED) is 0.852. The number of pyridine rings is 1. The first-order valence-corrected chi connectivity index (χ1v) is 7.01. The van der Waals surface area contributed by atoms with Gasteiger partial charge in [0.15, 0.2) is 0 Å². The molecule has 0 atom stereocenters. The first-order valence-electron chi connectivity index (χ1n) is 7.01. The summed E-state index contributed by atoms with van der Waals surface area (Å²) in [5, 5.41) is 8.68. The molecule has 1 aromatic rings.